The van der Waals surface area contributed by atoms with Gasteiger partial charge in [-0.1, -0.05) is 6.07 Å². The summed E-state index contributed by atoms with van der Waals surface area (Å²) in [5, 5.41) is 3.06. The molecule has 2 aromatic rings. The summed E-state index contributed by atoms with van der Waals surface area (Å²) in [5.41, 5.74) is 6.79. The van der Waals surface area contributed by atoms with E-state index in [4.69, 9.17) is 10.5 Å². The highest BCUT2D eigenvalue weighted by Crippen LogP contribution is 2.16. The van der Waals surface area contributed by atoms with Gasteiger partial charge in [-0.05, 0) is 57.0 Å². The maximum absolute atomic E-state index is 11.6. The van der Waals surface area contributed by atoms with E-state index in [9.17, 15) is 4.79 Å². The molecule has 0 aliphatic carbocycles. The van der Waals surface area contributed by atoms with Gasteiger partial charge in [0.1, 0.15) is 5.75 Å². The molecule has 0 saturated heterocycles. The lowest BCUT2D eigenvalue weighted by Gasteiger charge is -2.11. The molecule has 6 nitrogen and oxygen atoms in total. The molecule has 0 bridgehead atoms. The third-order valence-electron chi connectivity index (χ3n) is 3.49. The first-order chi connectivity index (χ1) is 12.0. The van der Waals surface area contributed by atoms with Crippen molar-refractivity contribution in [1.29, 1.82) is 0 Å². The van der Waals surface area contributed by atoms with Crippen LogP contribution in [0.1, 0.15) is 26.7 Å². The highest BCUT2D eigenvalue weighted by Gasteiger charge is 1.99. The van der Waals surface area contributed by atoms with Gasteiger partial charge >= 0.3 is 0 Å². The average molecular weight is 342 g/mol. The Hall–Kier alpha value is -2.76. The molecular weight excluding hydrogens is 316 g/mol. The molecule has 6 heteroatoms. The highest BCUT2D eigenvalue weighted by atomic mass is 16.5. The average Bonchev–Trinajstić information content (AvgIpc) is 2.57. The zero-order valence-electron chi connectivity index (χ0n) is 14.8. The topological polar surface area (TPSA) is 81.6 Å². The molecule has 1 aromatic carbocycles. The lowest BCUT2D eigenvalue weighted by atomic mass is 10.3. The number of aromatic nitrogens is 1. The Morgan fingerprint density at radius 3 is 2.64 bits per heavy atom. The first-order valence-corrected chi connectivity index (χ1v) is 8.54. The summed E-state index contributed by atoms with van der Waals surface area (Å²) >= 11 is 0. The third kappa shape index (κ3) is 6.71. The number of aliphatic imine (C=N–C) groups is 1. The Balaban J connectivity index is 1.72. The molecular formula is C19H26N4O2. The molecule has 0 amide bonds. The summed E-state index contributed by atoms with van der Waals surface area (Å²) < 4.78 is 7.30. The van der Waals surface area contributed by atoms with Crippen LogP contribution in [0.3, 0.4) is 0 Å². The second kappa shape index (κ2) is 9.52. The predicted molar refractivity (Wildman–Crippen MR) is 102 cm³/mol. The zero-order valence-corrected chi connectivity index (χ0v) is 14.8. The normalized spacial score (nSPS) is 11.6. The number of nitrogens with two attached hydrogens (primary N) is 1. The molecule has 0 atom stereocenters. The Bertz CT molecular complexity index is 736. The fourth-order valence-electron chi connectivity index (χ4n) is 2.32. The standard InChI is InChI=1S/C19H26N4O2/c1-15(2)25-17-10-8-16(9-11-17)22-19(20)21-12-4-6-14-23-13-5-3-7-18(23)24/h3,5,7-11,13,15H,4,6,12,14H2,1-2H3,(H3,20,21,22). The maximum Gasteiger partial charge on any atom is 0.250 e. The molecule has 0 aliphatic rings. The van der Waals surface area contributed by atoms with Crippen LogP contribution in [0.5, 0.6) is 5.75 Å². The first-order valence-electron chi connectivity index (χ1n) is 8.54. The van der Waals surface area contributed by atoms with Crippen molar-refractivity contribution in [2.24, 2.45) is 10.7 Å². The molecule has 0 aliphatic heterocycles. The molecule has 1 aromatic heterocycles. The number of nitrogens with one attached hydrogen (secondary N) is 1. The lowest BCUT2D eigenvalue weighted by molar-refractivity contribution is 0.242. The fraction of sp³-hybridized carbons (Fsp3) is 0.368. The van der Waals surface area contributed by atoms with Gasteiger partial charge in [-0.25, -0.2) is 0 Å². The number of pyridine rings is 1. The molecule has 3 N–H and O–H groups in total. The summed E-state index contributed by atoms with van der Waals surface area (Å²) in [6.07, 6.45) is 3.69. The molecule has 0 spiro atoms. The van der Waals surface area contributed by atoms with Gasteiger partial charge in [-0.15, -0.1) is 0 Å². The number of nitrogens with zero attached hydrogens (tertiary/aromatic N) is 2. The molecule has 25 heavy (non-hydrogen) atoms. The van der Waals surface area contributed by atoms with Gasteiger partial charge in [0.25, 0.3) is 0 Å². The van der Waals surface area contributed by atoms with Crippen LogP contribution < -0.4 is 21.3 Å². The minimum atomic E-state index is 0.0251. The minimum Gasteiger partial charge on any atom is -0.491 e. The van der Waals surface area contributed by atoms with E-state index in [0.29, 0.717) is 19.0 Å². The van der Waals surface area contributed by atoms with Crippen molar-refractivity contribution < 1.29 is 4.74 Å². The van der Waals surface area contributed by atoms with E-state index in [1.807, 2.05) is 44.2 Å². The first kappa shape index (κ1) is 18.6. The number of hydrogen-bond acceptors (Lipinski definition) is 3. The van der Waals surface area contributed by atoms with Crippen LogP contribution in [-0.4, -0.2) is 23.2 Å². The van der Waals surface area contributed by atoms with Gasteiger partial charge in [0.2, 0.25) is 5.56 Å². The minimum absolute atomic E-state index is 0.0251. The molecule has 2 rings (SSSR count). The summed E-state index contributed by atoms with van der Waals surface area (Å²) in [6.45, 7) is 5.30. The molecule has 134 valence electrons. The van der Waals surface area contributed by atoms with Crippen LogP contribution in [0, 0.1) is 0 Å². The quantitative estimate of drug-likeness (QED) is 0.439. The third-order valence-corrected chi connectivity index (χ3v) is 3.49. The largest absolute Gasteiger partial charge is 0.491 e. The van der Waals surface area contributed by atoms with Crippen molar-refractivity contribution in [2.75, 3.05) is 11.9 Å². The van der Waals surface area contributed by atoms with Gasteiger partial charge in [-0.2, -0.15) is 0 Å². The van der Waals surface area contributed by atoms with Crippen molar-refractivity contribution >= 4 is 11.6 Å². The number of ether oxygens (including phenoxy) is 1. The Labute approximate surface area is 148 Å². The van der Waals surface area contributed by atoms with E-state index < -0.39 is 0 Å². The molecule has 0 radical (unpaired) electrons. The van der Waals surface area contributed by atoms with E-state index in [1.165, 1.54) is 0 Å². The number of guanidine groups is 1. The van der Waals surface area contributed by atoms with Gasteiger partial charge in [0, 0.05) is 31.0 Å². The van der Waals surface area contributed by atoms with Crippen LogP contribution in [0.2, 0.25) is 0 Å². The SMILES string of the molecule is CC(C)Oc1ccc(NC(N)=NCCCCn2ccccc2=O)cc1. The predicted octanol–water partition coefficient (Wildman–Crippen LogP) is 2.84. The van der Waals surface area contributed by atoms with Crippen molar-refractivity contribution in [3.05, 3.63) is 59.0 Å². The maximum atomic E-state index is 11.6. The molecule has 0 fully saturated rings. The number of rotatable bonds is 8. The summed E-state index contributed by atoms with van der Waals surface area (Å²) in [4.78, 5) is 15.9. The molecule has 0 saturated carbocycles. The van der Waals surface area contributed by atoms with E-state index in [-0.39, 0.29) is 11.7 Å². The number of anilines is 1. The van der Waals surface area contributed by atoms with Crippen LogP contribution in [0.15, 0.2) is 58.4 Å². The number of benzene rings is 1. The highest BCUT2D eigenvalue weighted by molar-refractivity contribution is 5.92. The van der Waals surface area contributed by atoms with Gasteiger partial charge < -0.3 is 20.4 Å². The fourth-order valence-corrected chi connectivity index (χ4v) is 2.32. The Morgan fingerprint density at radius 1 is 1.20 bits per heavy atom. The van der Waals surface area contributed by atoms with Crippen molar-refractivity contribution in [1.82, 2.24) is 4.57 Å². The van der Waals surface area contributed by atoms with E-state index in [2.05, 4.69) is 10.3 Å². The summed E-state index contributed by atoms with van der Waals surface area (Å²) in [6, 6.07) is 12.8. The monoisotopic (exact) mass is 342 g/mol. The van der Waals surface area contributed by atoms with Crippen molar-refractivity contribution in [3.8, 4) is 5.75 Å². The van der Waals surface area contributed by atoms with Gasteiger partial charge in [0.05, 0.1) is 6.10 Å². The number of unbranched alkanes of at least 4 members (excludes halogenated alkanes) is 1. The lowest BCUT2D eigenvalue weighted by Crippen LogP contribution is -2.23. The summed E-state index contributed by atoms with van der Waals surface area (Å²) in [7, 11) is 0. The Kier molecular flexibility index (Phi) is 7.07. The van der Waals surface area contributed by atoms with Crippen LogP contribution >= 0.6 is 0 Å². The van der Waals surface area contributed by atoms with E-state index in [1.54, 1.807) is 22.9 Å². The smallest absolute Gasteiger partial charge is 0.250 e. The van der Waals surface area contributed by atoms with Crippen LogP contribution in [-0.2, 0) is 6.54 Å². The number of hydrogen-bond donors (Lipinski definition) is 2. The van der Waals surface area contributed by atoms with Crippen LogP contribution in [0.25, 0.3) is 0 Å². The second-order valence-corrected chi connectivity index (χ2v) is 6.02. The van der Waals surface area contributed by atoms with E-state index >= 15 is 0 Å². The van der Waals surface area contributed by atoms with E-state index in [0.717, 1.165) is 24.3 Å². The Morgan fingerprint density at radius 2 is 1.96 bits per heavy atom. The molecule has 0 unspecified atom stereocenters. The van der Waals surface area contributed by atoms with Gasteiger partial charge in [-0.3, -0.25) is 9.79 Å². The second-order valence-electron chi connectivity index (χ2n) is 6.02. The van der Waals surface area contributed by atoms with Crippen molar-refractivity contribution in [3.63, 3.8) is 0 Å². The molecule has 1 heterocycles. The van der Waals surface area contributed by atoms with Gasteiger partial charge in [0.15, 0.2) is 5.96 Å². The van der Waals surface area contributed by atoms with Crippen LogP contribution in [0.4, 0.5) is 5.69 Å². The number of aryl methyl sites for hydroxylation is 1. The van der Waals surface area contributed by atoms with Crippen molar-refractivity contribution in [2.45, 2.75) is 39.3 Å². The summed E-state index contributed by atoms with van der Waals surface area (Å²) in [5.74, 6) is 1.21. The zero-order chi connectivity index (χ0) is 18.1.